The Morgan fingerprint density at radius 1 is 1.08 bits per heavy atom. The molecule has 0 spiro atoms. The molecule has 26 heavy (non-hydrogen) atoms. The summed E-state index contributed by atoms with van der Waals surface area (Å²) in [4.78, 5) is 0. The van der Waals surface area contributed by atoms with Crippen molar-refractivity contribution in [1.82, 2.24) is 0 Å². The Bertz CT molecular complexity index is 816. The van der Waals surface area contributed by atoms with E-state index in [1.807, 2.05) is 24.3 Å². The van der Waals surface area contributed by atoms with E-state index in [1.54, 1.807) is 0 Å². The van der Waals surface area contributed by atoms with Gasteiger partial charge in [0, 0.05) is 23.9 Å². The highest BCUT2D eigenvalue weighted by Crippen LogP contribution is 2.23. The molecule has 0 fully saturated rings. The van der Waals surface area contributed by atoms with E-state index in [9.17, 15) is 0 Å². The van der Waals surface area contributed by atoms with E-state index in [2.05, 4.69) is 61.3 Å². The predicted octanol–water partition coefficient (Wildman–Crippen LogP) is 6.07. The van der Waals surface area contributed by atoms with Gasteiger partial charge in [-0.15, -0.1) is 0 Å². The fourth-order valence-electron chi connectivity index (χ4n) is 3.17. The summed E-state index contributed by atoms with van der Waals surface area (Å²) in [5.74, 6) is 0.880. The minimum Gasteiger partial charge on any atom is -0.493 e. The lowest BCUT2D eigenvalue weighted by atomic mass is 10.0. The van der Waals surface area contributed by atoms with Crippen LogP contribution in [-0.4, -0.2) is 6.61 Å². The second kappa shape index (κ2) is 9.10. The van der Waals surface area contributed by atoms with Crippen LogP contribution in [0.15, 0.2) is 84.6 Å². The molecule has 0 bridgehead atoms. The maximum absolute atomic E-state index is 5.98. The predicted molar refractivity (Wildman–Crippen MR) is 111 cm³/mol. The number of allylic oxidation sites excluding steroid dienone is 3. The summed E-state index contributed by atoms with van der Waals surface area (Å²) >= 11 is 0. The van der Waals surface area contributed by atoms with Crippen LogP contribution in [-0.2, 0) is 12.8 Å². The Hall–Kier alpha value is -2.74. The zero-order chi connectivity index (χ0) is 18.2. The van der Waals surface area contributed by atoms with Crippen LogP contribution in [0.4, 0.5) is 5.69 Å². The van der Waals surface area contributed by atoms with Gasteiger partial charge in [0.25, 0.3) is 0 Å². The maximum Gasteiger partial charge on any atom is 0.121 e. The average molecular weight is 345 g/mol. The Balaban J connectivity index is 1.56. The Morgan fingerprint density at radius 3 is 2.69 bits per heavy atom. The molecule has 0 aliphatic heterocycles. The van der Waals surface area contributed by atoms with Gasteiger partial charge in [0.05, 0.1) is 6.61 Å². The summed E-state index contributed by atoms with van der Waals surface area (Å²) < 4.78 is 5.98. The van der Waals surface area contributed by atoms with Gasteiger partial charge in [-0.3, -0.25) is 0 Å². The van der Waals surface area contributed by atoms with Crippen molar-refractivity contribution in [2.24, 2.45) is 0 Å². The molecular formula is C24H27NO. The highest BCUT2D eigenvalue weighted by Gasteiger charge is 2.05. The van der Waals surface area contributed by atoms with Gasteiger partial charge in [-0.05, 0) is 48.1 Å². The van der Waals surface area contributed by atoms with Crippen molar-refractivity contribution in [3.05, 3.63) is 95.7 Å². The van der Waals surface area contributed by atoms with Crippen LogP contribution in [0, 0.1) is 0 Å². The third kappa shape index (κ3) is 4.89. The summed E-state index contributed by atoms with van der Waals surface area (Å²) in [5.41, 5.74) is 5.86. The molecule has 0 saturated carbocycles. The van der Waals surface area contributed by atoms with Gasteiger partial charge in [-0.25, -0.2) is 0 Å². The minimum atomic E-state index is 0.676. The van der Waals surface area contributed by atoms with Crippen LogP contribution < -0.4 is 10.1 Å². The summed E-state index contributed by atoms with van der Waals surface area (Å²) in [5, 5.41) is 3.38. The molecule has 0 atom stereocenters. The van der Waals surface area contributed by atoms with Crippen LogP contribution in [0.25, 0.3) is 0 Å². The highest BCUT2D eigenvalue weighted by atomic mass is 16.5. The maximum atomic E-state index is 5.98. The molecule has 0 amide bonds. The molecule has 0 heterocycles. The van der Waals surface area contributed by atoms with E-state index >= 15 is 0 Å². The van der Waals surface area contributed by atoms with Crippen LogP contribution in [0.3, 0.4) is 0 Å². The first-order valence-electron chi connectivity index (χ1n) is 9.39. The third-order valence-corrected chi connectivity index (χ3v) is 4.61. The number of hydrogen-bond donors (Lipinski definition) is 1. The molecule has 2 nitrogen and oxygen atoms in total. The lowest BCUT2D eigenvalue weighted by molar-refractivity contribution is 0.322. The SMILES string of the molecule is C=C(Nc1cccc(OCCc2ccccc2CC)c1)C1=CCCC=C1. The van der Waals surface area contributed by atoms with Crippen molar-refractivity contribution in [1.29, 1.82) is 0 Å². The van der Waals surface area contributed by atoms with Gasteiger partial charge in [0.15, 0.2) is 0 Å². The monoisotopic (exact) mass is 345 g/mol. The van der Waals surface area contributed by atoms with E-state index < -0.39 is 0 Å². The first kappa shape index (κ1) is 18.1. The van der Waals surface area contributed by atoms with Crippen molar-refractivity contribution in [3.8, 4) is 5.75 Å². The molecule has 2 aromatic carbocycles. The Labute approximate surface area is 156 Å². The fraction of sp³-hybridized carbons (Fsp3) is 0.250. The third-order valence-electron chi connectivity index (χ3n) is 4.61. The topological polar surface area (TPSA) is 21.3 Å². The van der Waals surface area contributed by atoms with E-state index in [-0.39, 0.29) is 0 Å². The number of benzene rings is 2. The largest absolute Gasteiger partial charge is 0.493 e. The van der Waals surface area contributed by atoms with E-state index in [4.69, 9.17) is 4.74 Å². The lowest BCUT2D eigenvalue weighted by Gasteiger charge is -2.14. The molecule has 1 aliphatic carbocycles. The molecule has 1 N–H and O–H groups in total. The summed E-state index contributed by atoms with van der Waals surface area (Å²) in [6.07, 6.45) is 10.7. The molecule has 0 saturated heterocycles. The Kier molecular flexibility index (Phi) is 6.32. The number of anilines is 1. The first-order chi connectivity index (χ1) is 12.8. The normalized spacial score (nSPS) is 13.2. The second-order valence-electron chi connectivity index (χ2n) is 6.49. The second-order valence-corrected chi connectivity index (χ2v) is 6.49. The highest BCUT2D eigenvalue weighted by molar-refractivity contribution is 5.57. The number of ether oxygens (including phenoxy) is 1. The molecule has 2 aromatic rings. The van der Waals surface area contributed by atoms with E-state index in [0.29, 0.717) is 6.61 Å². The Morgan fingerprint density at radius 2 is 1.92 bits per heavy atom. The zero-order valence-corrected chi connectivity index (χ0v) is 15.5. The van der Waals surface area contributed by atoms with Crippen LogP contribution in [0.2, 0.25) is 0 Å². The van der Waals surface area contributed by atoms with Gasteiger partial charge in [0.2, 0.25) is 0 Å². The number of nitrogens with one attached hydrogen (secondary N) is 1. The zero-order valence-electron chi connectivity index (χ0n) is 15.5. The van der Waals surface area contributed by atoms with Crippen LogP contribution >= 0.6 is 0 Å². The average Bonchev–Trinajstić information content (AvgIpc) is 2.69. The molecule has 0 radical (unpaired) electrons. The number of aryl methyl sites for hydroxylation is 1. The van der Waals surface area contributed by atoms with Crippen LogP contribution in [0.1, 0.15) is 30.9 Å². The number of hydrogen-bond acceptors (Lipinski definition) is 2. The molecule has 3 rings (SSSR count). The number of rotatable bonds is 8. The molecule has 0 aromatic heterocycles. The molecule has 2 heteroatoms. The summed E-state index contributed by atoms with van der Waals surface area (Å²) in [6, 6.07) is 16.7. The van der Waals surface area contributed by atoms with E-state index in [0.717, 1.165) is 42.8 Å². The van der Waals surface area contributed by atoms with Crippen LogP contribution in [0.5, 0.6) is 5.75 Å². The van der Waals surface area contributed by atoms with E-state index in [1.165, 1.54) is 16.7 Å². The molecule has 1 aliphatic rings. The van der Waals surface area contributed by atoms with Crippen molar-refractivity contribution >= 4 is 5.69 Å². The van der Waals surface area contributed by atoms with Gasteiger partial charge < -0.3 is 10.1 Å². The fourth-order valence-corrected chi connectivity index (χ4v) is 3.17. The van der Waals surface area contributed by atoms with Crippen molar-refractivity contribution < 1.29 is 4.74 Å². The van der Waals surface area contributed by atoms with Gasteiger partial charge in [-0.1, -0.05) is 62.1 Å². The molecular weight excluding hydrogens is 318 g/mol. The minimum absolute atomic E-state index is 0.676. The quantitative estimate of drug-likeness (QED) is 0.626. The van der Waals surface area contributed by atoms with Crippen molar-refractivity contribution in [2.75, 3.05) is 11.9 Å². The van der Waals surface area contributed by atoms with Gasteiger partial charge in [-0.2, -0.15) is 0 Å². The molecule has 0 unspecified atom stereocenters. The summed E-state index contributed by atoms with van der Waals surface area (Å²) in [7, 11) is 0. The first-order valence-corrected chi connectivity index (χ1v) is 9.39. The van der Waals surface area contributed by atoms with Gasteiger partial charge >= 0.3 is 0 Å². The molecule has 134 valence electrons. The lowest BCUT2D eigenvalue weighted by Crippen LogP contribution is -2.05. The van der Waals surface area contributed by atoms with Gasteiger partial charge in [0.1, 0.15) is 5.75 Å². The van der Waals surface area contributed by atoms with Crippen molar-refractivity contribution in [3.63, 3.8) is 0 Å². The summed E-state index contributed by atoms with van der Waals surface area (Å²) in [6.45, 7) is 7.02. The smallest absolute Gasteiger partial charge is 0.121 e. The van der Waals surface area contributed by atoms with Crippen molar-refractivity contribution in [2.45, 2.75) is 32.6 Å². The standard InChI is InChI=1S/C24H27NO/c1-3-20-10-7-8-13-22(20)16-17-26-24-15-9-14-23(18-24)25-19(2)21-11-5-4-6-12-21/h5,7-15,18,25H,2-4,6,16-17H2,1H3.